The SMILES string of the molecule is Cc1nc(-c2cccnc2)nc(NCCCN2CCCCCC2=O)c1C. The van der Waals surface area contributed by atoms with E-state index >= 15 is 0 Å². The van der Waals surface area contributed by atoms with Gasteiger partial charge in [-0.2, -0.15) is 0 Å². The van der Waals surface area contributed by atoms with Crippen LogP contribution in [0.15, 0.2) is 24.5 Å². The fraction of sp³-hybridized carbons (Fsp3) is 0.500. The minimum Gasteiger partial charge on any atom is -0.370 e. The molecule has 1 amide bonds. The van der Waals surface area contributed by atoms with Gasteiger partial charge in [0.15, 0.2) is 5.82 Å². The van der Waals surface area contributed by atoms with Gasteiger partial charge in [0.2, 0.25) is 5.91 Å². The monoisotopic (exact) mass is 353 g/mol. The van der Waals surface area contributed by atoms with E-state index in [9.17, 15) is 4.79 Å². The van der Waals surface area contributed by atoms with Gasteiger partial charge in [-0.05, 0) is 45.2 Å². The summed E-state index contributed by atoms with van der Waals surface area (Å²) in [5.74, 6) is 1.85. The molecule has 138 valence electrons. The number of anilines is 1. The number of pyridine rings is 1. The van der Waals surface area contributed by atoms with Crippen molar-refractivity contribution in [1.82, 2.24) is 19.9 Å². The molecule has 0 atom stereocenters. The number of likely N-dealkylation sites (tertiary alicyclic amines) is 1. The Hall–Kier alpha value is -2.50. The van der Waals surface area contributed by atoms with Gasteiger partial charge in [-0.15, -0.1) is 0 Å². The maximum Gasteiger partial charge on any atom is 0.222 e. The lowest BCUT2D eigenvalue weighted by atomic mass is 10.2. The number of nitrogens with one attached hydrogen (secondary N) is 1. The number of carbonyl (C=O) groups excluding carboxylic acids is 1. The van der Waals surface area contributed by atoms with E-state index in [1.54, 1.807) is 12.4 Å². The van der Waals surface area contributed by atoms with E-state index in [4.69, 9.17) is 0 Å². The Morgan fingerprint density at radius 1 is 1.19 bits per heavy atom. The summed E-state index contributed by atoms with van der Waals surface area (Å²) in [6.07, 6.45) is 8.45. The minimum absolute atomic E-state index is 0.301. The molecule has 1 saturated heterocycles. The maximum atomic E-state index is 12.1. The van der Waals surface area contributed by atoms with Crippen molar-refractivity contribution < 1.29 is 4.79 Å². The molecule has 0 bridgehead atoms. The van der Waals surface area contributed by atoms with Crippen molar-refractivity contribution in [2.75, 3.05) is 25.0 Å². The third-order valence-corrected chi connectivity index (χ3v) is 4.88. The van der Waals surface area contributed by atoms with E-state index in [0.717, 1.165) is 68.0 Å². The Morgan fingerprint density at radius 2 is 2.08 bits per heavy atom. The average Bonchev–Trinajstić information content (AvgIpc) is 2.87. The highest BCUT2D eigenvalue weighted by Gasteiger charge is 2.16. The molecule has 3 heterocycles. The van der Waals surface area contributed by atoms with Gasteiger partial charge in [-0.25, -0.2) is 9.97 Å². The van der Waals surface area contributed by atoms with Crippen LogP contribution in [0, 0.1) is 13.8 Å². The lowest BCUT2D eigenvalue weighted by Crippen LogP contribution is -2.32. The van der Waals surface area contributed by atoms with Gasteiger partial charge in [0.1, 0.15) is 5.82 Å². The van der Waals surface area contributed by atoms with Crippen LogP contribution in [0.3, 0.4) is 0 Å². The molecule has 6 nitrogen and oxygen atoms in total. The van der Waals surface area contributed by atoms with E-state index in [1.165, 1.54) is 0 Å². The molecule has 1 aliphatic rings. The van der Waals surface area contributed by atoms with Crippen molar-refractivity contribution in [2.24, 2.45) is 0 Å². The fourth-order valence-electron chi connectivity index (χ4n) is 3.18. The van der Waals surface area contributed by atoms with Crippen molar-refractivity contribution in [2.45, 2.75) is 46.0 Å². The molecule has 0 aromatic carbocycles. The number of hydrogen-bond acceptors (Lipinski definition) is 5. The van der Waals surface area contributed by atoms with Crippen LogP contribution in [-0.2, 0) is 4.79 Å². The van der Waals surface area contributed by atoms with E-state index in [0.29, 0.717) is 18.2 Å². The molecule has 3 rings (SSSR count). The Kier molecular flexibility index (Phi) is 6.15. The van der Waals surface area contributed by atoms with Crippen LogP contribution in [0.1, 0.15) is 43.4 Å². The topological polar surface area (TPSA) is 71.0 Å². The standard InChI is InChI=1S/C20H27N5O/c1-15-16(2)23-20(17-8-6-10-21-14-17)24-19(15)22-11-7-13-25-12-5-3-4-9-18(25)26/h6,8,10,14H,3-5,7,9,11-13H2,1-2H3,(H,22,23,24). The van der Waals surface area contributed by atoms with E-state index in [1.807, 2.05) is 30.9 Å². The van der Waals surface area contributed by atoms with Crippen LogP contribution < -0.4 is 5.32 Å². The Balaban J connectivity index is 1.61. The van der Waals surface area contributed by atoms with Gasteiger partial charge in [-0.1, -0.05) is 6.42 Å². The van der Waals surface area contributed by atoms with E-state index < -0.39 is 0 Å². The zero-order valence-electron chi connectivity index (χ0n) is 15.7. The molecule has 2 aromatic heterocycles. The summed E-state index contributed by atoms with van der Waals surface area (Å²) in [6, 6.07) is 3.85. The first-order valence-corrected chi connectivity index (χ1v) is 9.42. The number of nitrogens with zero attached hydrogens (tertiary/aromatic N) is 4. The lowest BCUT2D eigenvalue weighted by Gasteiger charge is -2.20. The van der Waals surface area contributed by atoms with Crippen molar-refractivity contribution in [3.8, 4) is 11.4 Å². The zero-order chi connectivity index (χ0) is 18.4. The van der Waals surface area contributed by atoms with E-state index in [-0.39, 0.29) is 0 Å². The molecule has 1 fully saturated rings. The van der Waals surface area contributed by atoms with Crippen LogP contribution in [0.5, 0.6) is 0 Å². The van der Waals surface area contributed by atoms with Gasteiger partial charge in [0.25, 0.3) is 0 Å². The zero-order valence-corrected chi connectivity index (χ0v) is 15.7. The number of amides is 1. The average molecular weight is 353 g/mol. The molecule has 1 N–H and O–H groups in total. The highest BCUT2D eigenvalue weighted by atomic mass is 16.2. The second-order valence-electron chi connectivity index (χ2n) is 6.82. The van der Waals surface area contributed by atoms with Crippen LogP contribution in [0.25, 0.3) is 11.4 Å². The fourth-order valence-corrected chi connectivity index (χ4v) is 3.18. The first-order chi connectivity index (χ1) is 12.6. The molecule has 26 heavy (non-hydrogen) atoms. The number of aromatic nitrogens is 3. The normalized spacial score (nSPS) is 15.0. The van der Waals surface area contributed by atoms with Gasteiger partial charge in [0, 0.05) is 55.3 Å². The summed E-state index contributed by atoms with van der Waals surface area (Å²) in [7, 11) is 0. The van der Waals surface area contributed by atoms with Gasteiger partial charge in [-0.3, -0.25) is 9.78 Å². The molecular formula is C20H27N5O. The predicted molar refractivity (Wildman–Crippen MR) is 103 cm³/mol. The first kappa shape index (κ1) is 18.3. The second kappa shape index (κ2) is 8.74. The largest absolute Gasteiger partial charge is 0.370 e. The van der Waals surface area contributed by atoms with Crippen LogP contribution in [-0.4, -0.2) is 45.4 Å². The van der Waals surface area contributed by atoms with Crippen molar-refractivity contribution >= 4 is 11.7 Å². The Morgan fingerprint density at radius 3 is 2.88 bits per heavy atom. The number of rotatable bonds is 6. The third kappa shape index (κ3) is 4.56. The minimum atomic E-state index is 0.301. The molecule has 0 unspecified atom stereocenters. The molecule has 0 aliphatic carbocycles. The first-order valence-electron chi connectivity index (χ1n) is 9.42. The van der Waals surface area contributed by atoms with E-state index in [2.05, 4.69) is 20.3 Å². The molecule has 0 spiro atoms. The molecule has 0 saturated carbocycles. The highest BCUT2D eigenvalue weighted by molar-refractivity contribution is 5.76. The maximum absolute atomic E-state index is 12.1. The summed E-state index contributed by atoms with van der Waals surface area (Å²) in [5, 5.41) is 3.42. The third-order valence-electron chi connectivity index (χ3n) is 4.88. The summed E-state index contributed by atoms with van der Waals surface area (Å²) in [4.78, 5) is 27.5. The summed E-state index contributed by atoms with van der Waals surface area (Å²) < 4.78 is 0. The lowest BCUT2D eigenvalue weighted by molar-refractivity contribution is -0.130. The Labute approximate surface area is 155 Å². The van der Waals surface area contributed by atoms with Gasteiger partial charge in [0.05, 0.1) is 0 Å². The smallest absolute Gasteiger partial charge is 0.222 e. The van der Waals surface area contributed by atoms with Crippen LogP contribution >= 0.6 is 0 Å². The summed E-state index contributed by atoms with van der Waals surface area (Å²) in [5.41, 5.74) is 2.93. The number of aryl methyl sites for hydroxylation is 1. The molecule has 1 aliphatic heterocycles. The quantitative estimate of drug-likeness (QED) is 0.806. The molecule has 2 aromatic rings. The molecular weight excluding hydrogens is 326 g/mol. The van der Waals surface area contributed by atoms with Crippen molar-refractivity contribution in [1.29, 1.82) is 0 Å². The Bertz CT molecular complexity index is 747. The van der Waals surface area contributed by atoms with Gasteiger partial charge < -0.3 is 10.2 Å². The van der Waals surface area contributed by atoms with Crippen LogP contribution in [0.2, 0.25) is 0 Å². The predicted octanol–water partition coefficient (Wildman–Crippen LogP) is 3.36. The second-order valence-corrected chi connectivity index (χ2v) is 6.82. The van der Waals surface area contributed by atoms with Crippen LogP contribution in [0.4, 0.5) is 5.82 Å². The molecule has 0 radical (unpaired) electrons. The highest BCUT2D eigenvalue weighted by Crippen LogP contribution is 2.21. The van der Waals surface area contributed by atoms with Crippen molar-refractivity contribution in [3.05, 3.63) is 35.8 Å². The summed E-state index contributed by atoms with van der Waals surface area (Å²) >= 11 is 0. The number of carbonyl (C=O) groups is 1. The number of hydrogen-bond donors (Lipinski definition) is 1. The molecule has 6 heteroatoms. The van der Waals surface area contributed by atoms with Crippen molar-refractivity contribution in [3.63, 3.8) is 0 Å². The van der Waals surface area contributed by atoms with Gasteiger partial charge >= 0.3 is 0 Å². The summed E-state index contributed by atoms with van der Waals surface area (Å²) in [6.45, 7) is 6.52.